The monoisotopic (exact) mass is 278 g/mol. The summed E-state index contributed by atoms with van der Waals surface area (Å²) in [5.74, 6) is 0.791. The van der Waals surface area contributed by atoms with Crippen LogP contribution in [0.15, 0.2) is 63.6 Å². The number of fused-ring (bicyclic) bond motifs is 3. The fraction of sp³-hybridized carbons (Fsp3) is 0.111. The lowest BCUT2D eigenvalue weighted by atomic mass is 10.0. The predicted octanol–water partition coefficient (Wildman–Crippen LogP) is 4.57. The van der Waals surface area contributed by atoms with Crippen LogP contribution in [0.2, 0.25) is 0 Å². The standard InChI is InChI=1S/C18H14O3/c1-11-8-13(10-20-11)18(19)12-6-7-17-15(9-12)14-4-2-3-5-16(14)21-17/h2-10,18-19H,1H3. The molecule has 1 unspecified atom stereocenters. The van der Waals surface area contributed by atoms with Gasteiger partial charge >= 0.3 is 0 Å². The lowest BCUT2D eigenvalue weighted by molar-refractivity contribution is 0.219. The number of hydrogen-bond acceptors (Lipinski definition) is 3. The zero-order chi connectivity index (χ0) is 14.4. The van der Waals surface area contributed by atoms with Gasteiger partial charge in [-0.15, -0.1) is 0 Å². The van der Waals surface area contributed by atoms with Gasteiger partial charge in [-0.05, 0) is 36.8 Å². The van der Waals surface area contributed by atoms with Crippen LogP contribution in [0.5, 0.6) is 0 Å². The van der Waals surface area contributed by atoms with Crippen LogP contribution in [0.4, 0.5) is 0 Å². The highest BCUT2D eigenvalue weighted by molar-refractivity contribution is 6.05. The summed E-state index contributed by atoms with van der Waals surface area (Å²) in [4.78, 5) is 0. The molecule has 3 nitrogen and oxygen atoms in total. The van der Waals surface area contributed by atoms with E-state index in [1.807, 2.05) is 55.5 Å². The summed E-state index contributed by atoms with van der Waals surface area (Å²) in [6.07, 6.45) is 0.901. The highest BCUT2D eigenvalue weighted by atomic mass is 16.3. The molecule has 0 saturated carbocycles. The van der Waals surface area contributed by atoms with Gasteiger partial charge in [0, 0.05) is 16.3 Å². The van der Waals surface area contributed by atoms with Crippen LogP contribution in [-0.4, -0.2) is 5.11 Å². The Hall–Kier alpha value is -2.52. The van der Waals surface area contributed by atoms with Gasteiger partial charge in [-0.25, -0.2) is 0 Å². The van der Waals surface area contributed by atoms with Crippen LogP contribution in [0.3, 0.4) is 0 Å². The number of benzene rings is 2. The molecule has 1 N–H and O–H groups in total. The molecule has 1 atom stereocenters. The van der Waals surface area contributed by atoms with Crippen molar-refractivity contribution in [3.8, 4) is 0 Å². The second kappa shape index (κ2) is 4.50. The zero-order valence-electron chi connectivity index (χ0n) is 11.5. The Morgan fingerprint density at radius 2 is 1.71 bits per heavy atom. The third kappa shape index (κ3) is 1.94. The molecular weight excluding hydrogens is 264 g/mol. The molecule has 0 fully saturated rings. The molecule has 104 valence electrons. The SMILES string of the molecule is Cc1cc(C(O)c2ccc3oc4ccccc4c3c2)co1. The van der Waals surface area contributed by atoms with Gasteiger partial charge in [0.1, 0.15) is 23.0 Å². The molecule has 0 aliphatic carbocycles. The highest BCUT2D eigenvalue weighted by Gasteiger charge is 2.15. The molecule has 0 radical (unpaired) electrons. The minimum Gasteiger partial charge on any atom is -0.469 e. The lowest BCUT2D eigenvalue weighted by Crippen LogP contribution is -1.97. The van der Waals surface area contributed by atoms with Gasteiger partial charge in [-0.3, -0.25) is 0 Å². The summed E-state index contributed by atoms with van der Waals surface area (Å²) in [7, 11) is 0. The average molecular weight is 278 g/mol. The fourth-order valence-electron chi connectivity index (χ4n) is 2.71. The molecule has 3 heteroatoms. The Morgan fingerprint density at radius 3 is 2.52 bits per heavy atom. The van der Waals surface area contributed by atoms with Gasteiger partial charge in [-0.1, -0.05) is 24.3 Å². The van der Waals surface area contributed by atoms with Crippen LogP contribution < -0.4 is 0 Å². The molecule has 2 aromatic carbocycles. The maximum Gasteiger partial charge on any atom is 0.135 e. The van der Waals surface area contributed by atoms with E-state index in [2.05, 4.69) is 0 Å². The lowest BCUT2D eigenvalue weighted by Gasteiger charge is -2.08. The van der Waals surface area contributed by atoms with E-state index >= 15 is 0 Å². The summed E-state index contributed by atoms with van der Waals surface area (Å²) >= 11 is 0. The molecule has 4 aromatic rings. The van der Waals surface area contributed by atoms with E-state index in [1.165, 1.54) is 0 Å². The van der Waals surface area contributed by atoms with Gasteiger partial charge in [0.25, 0.3) is 0 Å². The van der Waals surface area contributed by atoms with Crippen molar-refractivity contribution in [3.05, 3.63) is 71.7 Å². The highest BCUT2D eigenvalue weighted by Crippen LogP contribution is 2.32. The van der Waals surface area contributed by atoms with Crippen molar-refractivity contribution in [1.82, 2.24) is 0 Å². The Bertz CT molecular complexity index is 930. The van der Waals surface area contributed by atoms with Crippen LogP contribution >= 0.6 is 0 Å². The molecule has 2 heterocycles. The van der Waals surface area contributed by atoms with E-state index in [-0.39, 0.29) is 0 Å². The first-order valence-corrected chi connectivity index (χ1v) is 6.87. The van der Waals surface area contributed by atoms with E-state index in [0.29, 0.717) is 0 Å². The minimum atomic E-state index is -0.694. The largest absolute Gasteiger partial charge is 0.469 e. The zero-order valence-corrected chi connectivity index (χ0v) is 11.5. The van der Waals surface area contributed by atoms with Crippen molar-refractivity contribution in [2.45, 2.75) is 13.0 Å². The Morgan fingerprint density at radius 1 is 0.905 bits per heavy atom. The smallest absolute Gasteiger partial charge is 0.135 e. The molecule has 0 amide bonds. The first kappa shape index (κ1) is 12.2. The number of furan rings is 2. The van der Waals surface area contributed by atoms with Crippen molar-refractivity contribution in [2.75, 3.05) is 0 Å². The van der Waals surface area contributed by atoms with E-state index in [1.54, 1.807) is 6.26 Å². The predicted molar refractivity (Wildman–Crippen MR) is 81.2 cm³/mol. The molecule has 2 aromatic heterocycles. The van der Waals surface area contributed by atoms with Gasteiger partial charge in [0.05, 0.1) is 6.26 Å². The first-order valence-electron chi connectivity index (χ1n) is 6.87. The van der Waals surface area contributed by atoms with Crippen LogP contribution in [0, 0.1) is 6.92 Å². The summed E-state index contributed by atoms with van der Waals surface area (Å²) < 4.78 is 11.1. The second-order valence-corrected chi connectivity index (χ2v) is 5.25. The molecule has 0 saturated heterocycles. The van der Waals surface area contributed by atoms with Crippen LogP contribution in [0.1, 0.15) is 23.0 Å². The summed E-state index contributed by atoms with van der Waals surface area (Å²) in [5.41, 5.74) is 3.28. The minimum absolute atomic E-state index is 0.694. The summed E-state index contributed by atoms with van der Waals surface area (Å²) in [5, 5.41) is 12.6. The number of aryl methyl sites for hydroxylation is 1. The number of aliphatic hydroxyl groups is 1. The normalized spacial score (nSPS) is 13.0. The third-order valence-electron chi connectivity index (χ3n) is 3.78. The van der Waals surface area contributed by atoms with Crippen molar-refractivity contribution in [2.24, 2.45) is 0 Å². The average Bonchev–Trinajstić information content (AvgIpc) is 3.09. The quantitative estimate of drug-likeness (QED) is 0.584. The topological polar surface area (TPSA) is 46.5 Å². The van der Waals surface area contributed by atoms with Gasteiger partial charge in [0.2, 0.25) is 0 Å². The first-order chi connectivity index (χ1) is 10.2. The maximum atomic E-state index is 10.5. The Labute approximate surface area is 121 Å². The molecule has 0 bridgehead atoms. The Kier molecular flexibility index (Phi) is 2.62. The van der Waals surface area contributed by atoms with Gasteiger partial charge < -0.3 is 13.9 Å². The summed E-state index contributed by atoms with van der Waals surface area (Å²) in [6.45, 7) is 1.86. The van der Waals surface area contributed by atoms with Crippen LogP contribution in [-0.2, 0) is 0 Å². The summed E-state index contributed by atoms with van der Waals surface area (Å²) in [6, 6.07) is 15.5. The number of aliphatic hydroxyl groups excluding tert-OH is 1. The molecule has 21 heavy (non-hydrogen) atoms. The van der Waals surface area contributed by atoms with E-state index in [4.69, 9.17) is 8.83 Å². The number of para-hydroxylation sites is 1. The number of hydrogen-bond donors (Lipinski definition) is 1. The number of rotatable bonds is 2. The molecule has 0 spiro atoms. The Balaban J connectivity index is 1.88. The maximum absolute atomic E-state index is 10.5. The molecule has 0 aliphatic heterocycles. The van der Waals surface area contributed by atoms with Crippen LogP contribution in [0.25, 0.3) is 21.9 Å². The second-order valence-electron chi connectivity index (χ2n) is 5.25. The third-order valence-corrected chi connectivity index (χ3v) is 3.78. The van der Waals surface area contributed by atoms with E-state index in [0.717, 1.165) is 38.8 Å². The van der Waals surface area contributed by atoms with Gasteiger partial charge in [-0.2, -0.15) is 0 Å². The molecule has 0 aliphatic rings. The molecular formula is C18H14O3. The van der Waals surface area contributed by atoms with Crippen molar-refractivity contribution in [3.63, 3.8) is 0 Å². The van der Waals surface area contributed by atoms with Crippen molar-refractivity contribution >= 4 is 21.9 Å². The van der Waals surface area contributed by atoms with E-state index in [9.17, 15) is 5.11 Å². The molecule has 4 rings (SSSR count). The van der Waals surface area contributed by atoms with Crippen molar-refractivity contribution in [1.29, 1.82) is 0 Å². The van der Waals surface area contributed by atoms with Crippen molar-refractivity contribution < 1.29 is 13.9 Å². The van der Waals surface area contributed by atoms with Gasteiger partial charge in [0.15, 0.2) is 0 Å². The fourth-order valence-corrected chi connectivity index (χ4v) is 2.71. The van der Waals surface area contributed by atoms with E-state index < -0.39 is 6.10 Å².